The largest absolute Gasteiger partial charge is 0.362 e. The molecule has 124 valence electrons. The molecule has 0 saturated carbocycles. The van der Waals surface area contributed by atoms with E-state index in [9.17, 15) is 0 Å². The maximum atomic E-state index is 6.09. The Hall–Kier alpha value is -0.510. The third kappa shape index (κ3) is 8.82. The SMILES string of the molecule is CCCCCCCCCCNC(=S)Nc1ccc(Cl)cc1Cl. The lowest BCUT2D eigenvalue weighted by Crippen LogP contribution is -2.29. The van der Waals surface area contributed by atoms with Crippen LogP contribution in [0.3, 0.4) is 0 Å². The highest BCUT2D eigenvalue weighted by Gasteiger charge is 2.03. The fourth-order valence-electron chi connectivity index (χ4n) is 2.22. The molecule has 0 aliphatic heterocycles. The zero-order valence-electron chi connectivity index (χ0n) is 13.3. The summed E-state index contributed by atoms with van der Waals surface area (Å²) in [5.41, 5.74) is 0.777. The Bertz CT molecular complexity index is 452. The van der Waals surface area contributed by atoms with Gasteiger partial charge in [0.2, 0.25) is 0 Å². The predicted molar refractivity (Wildman–Crippen MR) is 103 cm³/mol. The van der Waals surface area contributed by atoms with Crippen molar-refractivity contribution in [1.29, 1.82) is 0 Å². The molecule has 2 nitrogen and oxygen atoms in total. The molecule has 0 saturated heterocycles. The van der Waals surface area contributed by atoms with E-state index in [1.165, 1.54) is 44.9 Å². The first-order valence-corrected chi connectivity index (χ1v) is 9.29. The number of anilines is 1. The monoisotopic (exact) mass is 360 g/mol. The summed E-state index contributed by atoms with van der Waals surface area (Å²) < 4.78 is 0. The number of thiocarbonyl (C=S) groups is 1. The summed E-state index contributed by atoms with van der Waals surface area (Å²) in [7, 11) is 0. The van der Waals surface area contributed by atoms with E-state index in [1.807, 2.05) is 6.07 Å². The number of hydrogen-bond donors (Lipinski definition) is 2. The van der Waals surface area contributed by atoms with Crippen LogP contribution in [0.5, 0.6) is 0 Å². The van der Waals surface area contributed by atoms with Crippen molar-refractivity contribution in [3.63, 3.8) is 0 Å². The fourth-order valence-corrected chi connectivity index (χ4v) is 2.89. The van der Waals surface area contributed by atoms with Gasteiger partial charge in [-0.25, -0.2) is 0 Å². The molecule has 0 aliphatic rings. The van der Waals surface area contributed by atoms with Gasteiger partial charge in [-0.1, -0.05) is 75.1 Å². The Morgan fingerprint density at radius 2 is 1.64 bits per heavy atom. The summed E-state index contributed by atoms with van der Waals surface area (Å²) in [6.45, 7) is 3.14. The molecule has 0 aromatic heterocycles. The van der Waals surface area contributed by atoms with E-state index in [1.54, 1.807) is 12.1 Å². The molecule has 0 amide bonds. The van der Waals surface area contributed by atoms with Gasteiger partial charge in [0.05, 0.1) is 10.7 Å². The van der Waals surface area contributed by atoms with Gasteiger partial charge in [-0.3, -0.25) is 0 Å². The third-order valence-corrected chi connectivity index (χ3v) is 4.29. The molecule has 0 aliphatic carbocycles. The second-order valence-corrected chi connectivity index (χ2v) is 6.73. The van der Waals surface area contributed by atoms with Crippen LogP contribution in [-0.2, 0) is 0 Å². The van der Waals surface area contributed by atoms with Gasteiger partial charge in [-0.05, 0) is 36.8 Å². The first-order valence-electron chi connectivity index (χ1n) is 8.13. The lowest BCUT2D eigenvalue weighted by Gasteiger charge is -2.11. The van der Waals surface area contributed by atoms with Crippen molar-refractivity contribution in [3.05, 3.63) is 28.2 Å². The van der Waals surface area contributed by atoms with E-state index in [0.29, 0.717) is 15.2 Å². The standard InChI is InChI=1S/C17H26Cl2N2S/c1-2-3-4-5-6-7-8-9-12-20-17(22)21-16-11-10-14(18)13-15(16)19/h10-11,13H,2-9,12H2,1H3,(H2,20,21,22). The third-order valence-electron chi connectivity index (χ3n) is 3.50. The number of benzene rings is 1. The molecule has 1 aromatic carbocycles. The molecule has 0 spiro atoms. The van der Waals surface area contributed by atoms with Crippen LogP contribution in [0.15, 0.2) is 18.2 Å². The van der Waals surface area contributed by atoms with Crippen molar-refractivity contribution < 1.29 is 0 Å². The molecular formula is C17H26Cl2N2S. The Morgan fingerprint density at radius 3 is 2.27 bits per heavy atom. The Morgan fingerprint density at radius 1 is 1.00 bits per heavy atom. The molecule has 1 aromatic rings. The number of unbranched alkanes of at least 4 members (excludes halogenated alkanes) is 7. The molecule has 1 rings (SSSR count). The van der Waals surface area contributed by atoms with E-state index in [-0.39, 0.29) is 0 Å². The van der Waals surface area contributed by atoms with Crippen LogP contribution in [0.4, 0.5) is 5.69 Å². The van der Waals surface area contributed by atoms with Crippen molar-refractivity contribution >= 4 is 46.2 Å². The van der Waals surface area contributed by atoms with Crippen LogP contribution in [-0.4, -0.2) is 11.7 Å². The maximum absolute atomic E-state index is 6.09. The summed E-state index contributed by atoms with van der Waals surface area (Å²) >= 11 is 17.2. The molecule has 0 heterocycles. The number of nitrogens with one attached hydrogen (secondary N) is 2. The smallest absolute Gasteiger partial charge is 0.170 e. The number of halogens is 2. The van der Waals surface area contributed by atoms with Crippen LogP contribution in [0.1, 0.15) is 58.3 Å². The number of rotatable bonds is 10. The minimum atomic E-state index is 0.573. The average Bonchev–Trinajstić information content (AvgIpc) is 2.48. The van der Waals surface area contributed by atoms with Crippen molar-refractivity contribution in [3.8, 4) is 0 Å². The van der Waals surface area contributed by atoms with Gasteiger partial charge in [0, 0.05) is 11.6 Å². The van der Waals surface area contributed by atoms with Gasteiger partial charge in [-0.15, -0.1) is 0 Å². The fraction of sp³-hybridized carbons (Fsp3) is 0.588. The van der Waals surface area contributed by atoms with E-state index in [0.717, 1.165) is 18.7 Å². The van der Waals surface area contributed by atoms with Gasteiger partial charge < -0.3 is 10.6 Å². The van der Waals surface area contributed by atoms with Crippen LogP contribution < -0.4 is 10.6 Å². The van der Waals surface area contributed by atoms with Crippen LogP contribution >= 0.6 is 35.4 Å². The molecule has 22 heavy (non-hydrogen) atoms. The summed E-state index contributed by atoms with van der Waals surface area (Å²) in [6, 6.07) is 5.32. The summed E-state index contributed by atoms with van der Waals surface area (Å²) in [4.78, 5) is 0. The molecule has 0 fully saturated rings. The van der Waals surface area contributed by atoms with Gasteiger partial charge in [0.1, 0.15) is 0 Å². The molecule has 0 radical (unpaired) electrons. The van der Waals surface area contributed by atoms with E-state index in [2.05, 4.69) is 17.6 Å². The minimum absolute atomic E-state index is 0.573. The zero-order valence-corrected chi connectivity index (χ0v) is 15.6. The second kappa shape index (κ2) is 12.0. The highest BCUT2D eigenvalue weighted by molar-refractivity contribution is 7.80. The average molecular weight is 361 g/mol. The van der Waals surface area contributed by atoms with E-state index >= 15 is 0 Å². The van der Waals surface area contributed by atoms with Gasteiger partial charge in [0.15, 0.2) is 5.11 Å². The summed E-state index contributed by atoms with van der Waals surface area (Å²) in [5.74, 6) is 0. The summed E-state index contributed by atoms with van der Waals surface area (Å²) in [6.07, 6.45) is 10.5. The molecule has 0 unspecified atom stereocenters. The predicted octanol–water partition coefficient (Wildman–Crippen LogP) is 6.42. The van der Waals surface area contributed by atoms with Gasteiger partial charge in [0.25, 0.3) is 0 Å². The molecule has 2 N–H and O–H groups in total. The van der Waals surface area contributed by atoms with Gasteiger partial charge >= 0.3 is 0 Å². The van der Waals surface area contributed by atoms with Crippen molar-refractivity contribution in [1.82, 2.24) is 5.32 Å². The molecule has 0 atom stereocenters. The first kappa shape index (κ1) is 19.5. The Labute approximate surface area is 150 Å². The van der Waals surface area contributed by atoms with E-state index in [4.69, 9.17) is 35.4 Å². The highest BCUT2D eigenvalue weighted by Crippen LogP contribution is 2.25. The highest BCUT2D eigenvalue weighted by atomic mass is 35.5. The quantitative estimate of drug-likeness (QED) is 0.371. The van der Waals surface area contributed by atoms with Crippen LogP contribution in [0.25, 0.3) is 0 Å². The first-order chi connectivity index (χ1) is 10.6. The Balaban J connectivity index is 2.06. The molecule has 5 heteroatoms. The maximum Gasteiger partial charge on any atom is 0.170 e. The van der Waals surface area contributed by atoms with Gasteiger partial charge in [-0.2, -0.15) is 0 Å². The van der Waals surface area contributed by atoms with Crippen molar-refractivity contribution in [2.45, 2.75) is 58.3 Å². The second-order valence-electron chi connectivity index (χ2n) is 5.48. The van der Waals surface area contributed by atoms with Crippen LogP contribution in [0, 0.1) is 0 Å². The lowest BCUT2D eigenvalue weighted by atomic mass is 10.1. The summed E-state index contributed by atoms with van der Waals surface area (Å²) in [5, 5.41) is 8.10. The molecular weight excluding hydrogens is 335 g/mol. The van der Waals surface area contributed by atoms with Crippen molar-refractivity contribution in [2.24, 2.45) is 0 Å². The van der Waals surface area contributed by atoms with Crippen molar-refractivity contribution in [2.75, 3.05) is 11.9 Å². The Kier molecular flexibility index (Phi) is 10.6. The molecule has 0 bridgehead atoms. The topological polar surface area (TPSA) is 24.1 Å². The van der Waals surface area contributed by atoms with E-state index < -0.39 is 0 Å². The zero-order chi connectivity index (χ0) is 16.2. The normalized spacial score (nSPS) is 10.5. The minimum Gasteiger partial charge on any atom is -0.362 e. The number of hydrogen-bond acceptors (Lipinski definition) is 1. The lowest BCUT2D eigenvalue weighted by molar-refractivity contribution is 0.573. The van der Waals surface area contributed by atoms with Crippen LogP contribution in [0.2, 0.25) is 10.0 Å².